The Kier molecular flexibility index (Phi) is 8.59. The minimum absolute atomic E-state index is 0.206. The van der Waals surface area contributed by atoms with Gasteiger partial charge in [0.2, 0.25) is 0 Å². The van der Waals surface area contributed by atoms with Crippen LogP contribution in [-0.2, 0) is 5.41 Å². The number of hydrogen-bond acceptors (Lipinski definition) is 2. The van der Waals surface area contributed by atoms with Crippen molar-refractivity contribution in [2.75, 3.05) is 5.32 Å². The van der Waals surface area contributed by atoms with Crippen molar-refractivity contribution in [3.8, 4) is 66.8 Å². The fourth-order valence-electron chi connectivity index (χ4n) is 10.1. The minimum Gasteiger partial charge on any atom is -0.368 e. The van der Waals surface area contributed by atoms with Gasteiger partial charge < -0.3 is 5.32 Å². The molecule has 1 aliphatic heterocycles. The summed E-state index contributed by atoms with van der Waals surface area (Å²) in [4.78, 5) is 1.31. The monoisotopic (exact) mass is 809 g/mol. The van der Waals surface area contributed by atoms with E-state index in [4.69, 9.17) is 0 Å². The van der Waals surface area contributed by atoms with E-state index in [0.717, 1.165) is 0 Å². The lowest BCUT2D eigenvalue weighted by atomic mass is 9.79. The molecule has 0 fully saturated rings. The summed E-state index contributed by atoms with van der Waals surface area (Å²) in [7, 11) is 0. The standard InChI is InChI=1S/C60H43NS/c1-60(2)53-35-46(42-25-31-45(32-26-42)59-61-55-19-11-12-20-56(55)62-59)33-34-47(53)50-36-51-52(37-54(50)60)58(44-29-23-41(24-30-44)39-15-7-4-8-16-39)49-18-10-9-17-48(49)57(51)43-27-21-40(22-28-43)38-13-5-3-6-14-38/h3-37,59,61H,1-2H3. The molecule has 10 aromatic carbocycles. The molecule has 0 saturated carbocycles. The van der Waals surface area contributed by atoms with E-state index in [0.29, 0.717) is 0 Å². The van der Waals surface area contributed by atoms with E-state index in [1.54, 1.807) is 0 Å². The number of para-hydroxylation sites is 1. The Morgan fingerprint density at radius 2 is 0.823 bits per heavy atom. The minimum atomic E-state index is -0.206. The van der Waals surface area contributed by atoms with Gasteiger partial charge in [0, 0.05) is 16.0 Å². The molecule has 0 spiro atoms. The highest BCUT2D eigenvalue weighted by Gasteiger charge is 2.37. The van der Waals surface area contributed by atoms with Crippen LogP contribution in [0.1, 0.15) is 35.9 Å². The van der Waals surface area contributed by atoms with E-state index >= 15 is 0 Å². The lowest BCUT2D eigenvalue weighted by Gasteiger charge is -2.24. The molecule has 1 atom stereocenters. The van der Waals surface area contributed by atoms with Crippen LogP contribution in [0.15, 0.2) is 217 Å². The van der Waals surface area contributed by atoms with E-state index in [-0.39, 0.29) is 10.8 Å². The molecule has 294 valence electrons. The number of benzene rings is 10. The van der Waals surface area contributed by atoms with Gasteiger partial charge >= 0.3 is 0 Å². The first kappa shape index (κ1) is 36.7. The molecule has 0 saturated heterocycles. The molecule has 12 rings (SSSR count). The van der Waals surface area contributed by atoms with Crippen molar-refractivity contribution in [1.29, 1.82) is 0 Å². The number of nitrogens with one attached hydrogen (secondary N) is 1. The van der Waals surface area contributed by atoms with Crippen LogP contribution in [0.4, 0.5) is 5.69 Å². The lowest BCUT2D eigenvalue weighted by molar-refractivity contribution is 0.661. The SMILES string of the molecule is CC1(C)c2cc(-c3ccc(C4Nc5ccccc5S4)cc3)ccc2-c2cc3c(-c4ccc(-c5ccccc5)cc4)c4ccccc4c(-c4ccc(-c5ccccc5)cc4)c3cc21. The van der Waals surface area contributed by atoms with Gasteiger partial charge in [-0.05, 0) is 135 Å². The first-order valence-electron chi connectivity index (χ1n) is 21.6. The molecular formula is C60H43NS. The normalized spacial score (nSPS) is 14.6. The van der Waals surface area contributed by atoms with Crippen molar-refractivity contribution in [3.05, 3.63) is 229 Å². The number of fused-ring (bicyclic) bond motifs is 6. The van der Waals surface area contributed by atoms with Gasteiger partial charge in [0.05, 0.1) is 0 Å². The van der Waals surface area contributed by atoms with E-state index in [1.807, 2.05) is 11.8 Å². The molecule has 1 nitrogen and oxygen atoms in total. The van der Waals surface area contributed by atoms with Crippen molar-refractivity contribution in [2.24, 2.45) is 0 Å². The maximum Gasteiger partial charge on any atom is 0.103 e. The van der Waals surface area contributed by atoms with Gasteiger partial charge in [0.1, 0.15) is 5.37 Å². The van der Waals surface area contributed by atoms with Crippen LogP contribution >= 0.6 is 11.8 Å². The zero-order chi connectivity index (χ0) is 41.4. The van der Waals surface area contributed by atoms with Crippen LogP contribution in [0.5, 0.6) is 0 Å². The molecule has 0 bridgehead atoms. The summed E-state index contributed by atoms with van der Waals surface area (Å²) in [5.41, 5.74) is 20.1. The Morgan fingerprint density at radius 3 is 1.42 bits per heavy atom. The number of rotatable bonds is 6. The number of thioether (sulfide) groups is 1. The average Bonchev–Trinajstić information content (AvgIpc) is 3.87. The molecule has 62 heavy (non-hydrogen) atoms. The summed E-state index contributed by atoms with van der Waals surface area (Å²) in [6, 6.07) is 78.8. The molecular weight excluding hydrogens is 767 g/mol. The van der Waals surface area contributed by atoms with Gasteiger partial charge in [0.25, 0.3) is 0 Å². The van der Waals surface area contributed by atoms with Crippen LogP contribution in [0.25, 0.3) is 88.3 Å². The van der Waals surface area contributed by atoms with Gasteiger partial charge in [0.15, 0.2) is 0 Å². The third-order valence-corrected chi connectivity index (χ3v) is 14.6. The van der Waals surface area contributed by atoms with Gasteiger partial charge in [-0.2, -0.15) is 0 Å². The second kappa shape index (κ2) is 14.5. The predicted molar refractivity (Wildman–Crippen MR) is 265 cm³/mol. The van der Waals surface area contributed by atoms with Crippen molar-refractivity contribution in [3.63, 3.8) is 0 Å². The van der Waals surface area contributed by atoms with Gasteiger partial charge in [-0.15, -0.1) is 0 Å². The fraction of sp³-hybridized carbons (Fsp3) is 0.0667. The zero-order valence-electron chi connectivity index (χ0n) is 34.7. The van der Waals surface area contributed by atoms with Gasteiger partial charge in [-0.25, -0.2) is 0 Å². The third kappa shape index (κ3) is 6.01. The van der Waals surface area contributed by atoms with Crippen molar-refractivity contribution >= 4 is 39.0 Å². The zero-order valence-corrected chi connectivity index (χ0v) is 35.5. The second-order valence-corrected chi connectivity index (χ2v) is 18.4. The first-order valence-corrected chi connectivity index (χ1v) is 22.5. The van der Waals surface area contributed by atoms with Crippen LogP contribution in [0.2, 0.25) is 0 Å². The molecule has 2 heteroatoms. The summed E-state index contributed by atoms with van der Waals surface area (Å²) >= 11 is 1.89. The molecule has 1 aliphatic carbocycles. The molecule has 2 aliphatic rings. The smallest absolute Gasteiger partial charge is 0.103 e. The number of hydrogen-bond donors (Lipinski definition) is 1. The molecule has 0 radical (unpaired) electrons. The summed E-state index contributed by atoms with van der Waals surface area (Å²) in [6.07, 6.45) is 0. The van der Waals surface area contributed by atoms with E-state index in [2.05, 4.69) is 231 Å². The maximum absolute atomic E-state index is 3.70. The Morgan fingerprint density at radius 1 is 0.371 bits per heavy atom. The van der Waals surface area contributed by atoms with E-state index in [1.165, 1.54) is 116 Å². The molecule has 10 aromatic rings. The Labute approximate surface area is 367 Å². The topological polar surface area (TPSA) is 12.0 Å². The Bertz CT molecular complexity index is 3310. The maximum atomic E-state index is 3.70. The molecule has 1 unspecified atom stereocenters. The van der Waals surface area contributed by atoms with Gasteiger partial charge in [-0.1, -0.05) is 208 Å². The Hall–Kier alpha value is -7.13. The second-order valence-electron chi connectivity index (χ2n) is 17.3. The van der Waals surface area contributed by atoms with Gasteiger partial charge in [-0.3, -0.25) is 0 Å². The Balaban J connectivity index is 1.01. The fourth-order valence-corrected chi connectivity index (χ4v) is 11.3. The van der Waals surface area contributed by atoms with Crippen LogP contribution in [0.3, 0.4) is 0 Å². The highest BCUT2D eigenvalue weighted by molar-refractivity contribution is 8.00. The molecule has 0 amide bonds. The molecule has 0 aromatic heterocycles. The first-order chi connectivity index (χ1) is 30.5. The quantitative estimate of drug-likeness (QED) is 0.168. The molecule has 1 heterocycles. The van der Waals surface area contributed by atoms with Crippen LogP contribution in [-0.4, -0.2) is 0 Å². The summed E-state index contributed by atoms with van der Waals surface area (Å²) in [5.74, 6) is 0. The van der Waals surface area contributed by atoms with Crippen molar-refractivity contribution in [1.82, 2.24) is 0 Å². The highest BCUT2D eigenvalue weighted by Crippen LogP contribution is 2.54. The van der Waals surface area contributed by atoms with Crippen molar-refractivity contribution in [2.45, 2.75) is 29.5 Å². The summed E-state index contributed by atoms with van der Waals surface area (Å²) in [6.45, 7) is 4.82. The third-order valence-electron chi connectivity index (χ3n) is 13.3. The largest absolute Gasteiger partial charge is 0.368 e. The van der Waals surface area contributed by atoms with Crippen LogP contribution < -0.4 is 5.32 Å². The summed E-state index contributed by atoms with van der Waals surface area (Å²) < 4.78 is 0. The van der Waals surface area contributed by atoms with E-state index < -0.39 is 0 Å². The molecule has 1 N–H and O–H groups in total. The summed E-state index contributed by atoms with van der Waals surface area (Å²) in [5, 5.41) is 9.02. The average molecular weight is 810 g/mol. The lowest BCUT2D eigenvalue weighted by Crippen LogP contribution is -2.15. The van der Waals surface area contributed by atoms with Crippen LogP contribution in [0, 0.1) is 0 Å². The van der Waals surface area contributed by atoms with E-state index in [9.17, 15) is 0 Å². The predicted octanol–water partition coefficient (Wildman–Crippen LogP) is 16.9. The number of anilines is 1. The van der Waals surface area contributed by atoms with Crippen molar-refractivity contribution < 1.29 is 0 Å². The highest BCUT2D eigenvalue weighted by atomic mass is 32.2.